The minimum absolute atomic E-state index is 0.0174. The second kappa shape index (κ2) is 6.13. The SMILES string of the molecule is O=C(NC[C@H](O)c1ccc2ccccc2c1)[C@H]1C[C@@H]1c1ccco1. The molecule has 3 aromatic rings. The van der Waals surface area contributed by atoms with Crippen molar-refractivity contribution in [3.05, 3.63) is 72.2 Å². The van der Waals surface area contributed by atoms with Crippen LogP contribution in [0.15, 0.2) is 65.3 Å². The second-order valence-corrected chi connectivity index (χ2v) is 6.33. The monoisotopic (exact) mass is 321 g/mol. The highest BCUT2D eigenvalue weighted by atomic mass is 16.3. The Morgan fingerprint density at radius 2 is 2.00 bits per heavy atom. The molecule has 0 unspecified atom stereocenters. The van der Waals surface area contributed by atoms with Crippen LogP contribution in [-0.4, -0.2) is 17.6 Å². The Balaban J connectivity index is 1.36. The van der Waals surface area contributed by atoms with Gasteiger partial charge in [-0.05, 0) is 41.0 Å². The number of aliphatic hydroxyl groups excluding tert-OH is 1. The van der Waals surface area contributed by atoms with Crippen molar-refractivity contribution in [2.24, 2.45) is 5.92 Å². The lowest BCUT2D eigenvalue weighted by atomic mass is 10.0. The number of hydrogen-bond donors (Lipinski definition) is 2. The molecular weight excluding hydrogens is 302 g/mol. The molecule has 0 aliphatic heterocycles. The van der Waals surface area contributed by atoms with Gasteiger partial charge in [-0.15, -0.1) is 0 Å². The number of rotatable bonds is 5. The van der Waals surface area contributed by atoms with Crippen molar-refractivity contribution in [1.29, 1.82) is 0 Å². The number of hydrogen-bond acceptors (Lipinski definition) is 3. The molecule has 122 valence electrons. The van der Waals surface area contributed by atoms with Crippen LogP contribution in [0.4, 0.5) is 0 Å². The number of carbonyl (C=O) groups is 1. The smallest absolute Gasteiger partial charge is 0.223 e. The summed E-state index contributed by atoms with van der Waals surface area (Å²) in [5, 5.41) is 15.4. The number of benzene rings is 2. The topological polar surface area (TPSA) is 62.5 Å². The van der Waals surface area contributed by atoms with E-state index in [1.807, 2.05) is 54.6 Å². The minimum Gasteiger partial charge on any atom is -0.469 e. The number of carbonyl (C=O) groups excluding carboxylic acids is 1. The van der Waals surface area contributed by atoms with Gasteiger partial charge in [-0.25, -0.2) is 0 Å². The first-order chi connectivity index (χ1) is 11.7. The van der Waals surface area contributed by atoms with Crippen LogP contribution in [-0.2, 0) is 4.79 Å². The third-order valence-electron chi connectivity index (χ3n) is 4.66. The largest absolute Gasteiger partial charge is 0.469 e. The lowest BCUT2D eigenvalue weighted by molar-refractivity contribution is -0.122. The molecule has 4 nitrogen and oxygen atoms in total. The maximum atomic E-state index is 12.2. The standard InChI is InChI=1S/C20H19NO3/c22-18(15-8-7-13-4-1-2-5-14(13)10-15)12-21-20(23)17-11-16(17)19-6-3-9-24-19/h1-10,16-18,22H,11-12H2,(H,21,23)/t16-,17-,18-/m0/s1. The second-order valence-electron chi connectivity index (χ2n) is 6.33. The van der Waals surface area contributed by atoms with E-state index in [9.17, 15) is 9.90 Å². The molecule has 4 rings (SSSR count). The van der Waals surface area contributed by atoms with Crippen molar-refractivity contribution < 1.29 is 14.3 Å². The Kier molecular flexibility index (Phi) is 3.82. The van der Waals surface area contributed by atoms with Gasteiger partial charge >= 0.3 is 0 Å². The molecule has 3 atom stereocenters. The van der Waals surface area contributed by atoms with E-state index in [1.54, 1.807) is 6.26 Å². The molecule has 1 aliphatic rings. The van der Waals surface area contributed by atoms with Gasteiger partial charge in [-0.2, -0.15) is 0 Å². The summed E-state index contributed by atoms with van der Waals surface area (Å²) >= 11 is 0. The molecule has 0 spiro atoms. The van der Waals surface area contributed by atoms with Crippen LogP contribution in [0.5, 0.6) is 0 Å². The van der Waals surface area contributed by atoms with Gasteiger partial charge in [0.2, 0.25) is 5.91 Å². The zero-order valence-electron chi connectivity index (χ0n) is 13.2. The number of amides is 1. The summed E-state index contributed by atoms with van der Waals surface area (Å²) in [7, 11) is 0. The lowest BCUT2D eigenvalue weighted by Crippen LogP contribution is -2.29. The van der Waals surface area contributed by atoms with E-state index in [4.69, 9.17) is 4.42 Å². The quantitative estimate of drug-likeness (QED) is 0.757. The van der Waals surface area contributed by atoms with E-state index in [0.717, 1.165) is 28.5 Å². The van der Waals surface area contributed by atoms with E-state index >= 15 is 0 Å². The van der Waals surface area contributed by atoms with E-state index in [-0.39, 0.29) is 24.3 Å². The van der Waals surface area contributed by atoms with E-state index in [0.29, 0.717) is 0 Å². The van der Waals surface area contributed by atoms with Crippen molar-refractivity contribution in [2.45, 2.75) is 18.4 Å². The number of aliphatic hydroxyl groups is 1. The van der Waals surface area contributed by atoms with Crippen LogP contribution < -0.4 is 5.32 Å². The Labute approximate surface area is 140 Å². The maximum Gasteiger partial charge on any atom is 0.223 e. The van der Waals surface area contributed by atoms with Crippen molar-refractivity contribution in [3.63, 3.8) is 0 Å². The van der Waals surface area contributed by atoms with Gasteiger partial charge < -0.3 is 14.8 Å². The summed E-state index contributed by atoms with van der Waals surface area (Å²) in [6.45, 7) is 0.221. The van der Waals surface area contributed by atoms with Gasteiger partial charge in [0.25, 0.3) is 0 Å². The molecule has 0 radical (unpaired) electrons. The summed E-state index contributed by atoms with van der Waals surface area (Å²) < 4.78 is 5.34. The molecule has 1 aliphatic carbocycles. The van der Waals surface area contributed by atoms with Crippen molar-refractivity contribution in [1.82, 2.24) is 5.32 Å². The van der Waals surface area contributed by atoms with Crippen molar-refractivity contribution in [2.75, 3.05) is 6.54 Å². The first-order valence-corrected chi connectivity index (χ1v) is 8.20. The Bertz CT molecular complexity index is 856. The minimum atomic E-state index is -0.709. The van der Waals surface area contributed by atoms with Crippen molar-refractivity contribution in [3.8, 4) is 0 Å². The molecule has 24 heavy (non-hydrogen) atoms. The summed E-state index contributed by atoms with van der Waals surface area (Å²) in [5.74, 6) is 0.985. The first kappa shape index (κ1) is 15.0. The predicted octanol–water partition coefficient (Wildman–Crippen LogP) is 3.39. The van der Waals surface area contributed by atoms with Gasteiger partial charge in [0, 0.05) is 18.4 Å². The fourth-order valence-corrected chi connectivity index (χ4v) is 3.16. The average Bonchev–Trinajstić information content (AvgIpc) is 3.24. The van der Waals surface area contributed by atoms with E-state index in [1.165, 1.54) is 0 Å². The Morgan fingerprint density at radius 1 is 1.17 bits per heavy atom. The van der Waals surface area contributed by atoms with Crippen LogP contribution in [0, 0.1) is 5.92 Å². The van der Waals surface area contributed by atoms with Crippen LogP contribution in [0.1, 0.15) is 29.8 Å². The lowest BCUT2D eigenvalue weighted by Gasteiger charge is -2.13. The van der Waals surface area contributed by atoms with Crippen molar-refractivity contribution >= 4 is 16.7 Å². The molecule has 2 aromatic carbocycles. The van der Waals surface area contributed by atoms with Gasteiger partial charge in [-0.1, -0.05) is 36.4 Å². The molecule has 0 saturated heterocycles. The Morgan fingerprint density at radius 3 is 2.79 bits per heavy atom. The molecule has 1 amide bonds. The number of furan rings is 1. The molecule has 2 N–H and O–H groups in total. The fraction of sp³-hybridized carbons (Fsp3) is 0.250. The summed E-state index contributed by atoms with van der Waals surface area (Å²) in [6.07, 6.45) is 1.73. The molecule has 1 aromatic heterocycles. The average molecular weight is 321 g/mol. The van der Waals surface area contributed by atoms with E-state index < -0.39 is 6.10 Å². The summed E-state index contributed by atoms with van der Waals surface area (Å²) in [5.41, 5.74) is 0.812. The van der Waals surface area contributed by atoms with Gasteiger partial charge in [-0.3, -0.25) is 4.79 Å². The predicted molar refractivity (Wildman–Crippen MR) is 91.5 cm³/mol. The van der Waals surface area contributed by atoms with Crippen LogP contribution in [0.3, 0.4) is 0 Å². The van der Waals surface area contributed by atoms with Gasteiger partial charge in [0.05, 0.1) is 12.4 Å². The highest BCUT2D eigenvalue weighted by Crippen LogP contribution is 2.47. The number of nitrogens with one attached hydrogen (secondary N) is 1. The molecule has 1 saturated carbocycles. The molecule has 1 heterocycles. The third kappa shape index (κ3) is 2.93. The van der Waals surface area contributed by atoms with Crippen LogP contribution in [0.25, 0.3) is 10.8 Å². The summed E-state index contributed by atoms with van der Waals surface area (Å²) in [4.78, 5) is 12.2. The molecule has 4 heteroatoms. The first-order valence-electron chi connectivity index (χ1n) is 8.20. The van der Waals surface area contributed by atoms with Gasteiger partial charge in [0.1, 0.15) is 5.76 Å². The molecule has 0 bridgehead atoms. The molecule has 1 fully saturated rings. The highest BCUT2D eigenvalue weighted by Gasteiger charge is 2.45. The van der Waals surface area contributed by atoms with Gasteiger partial charge in [0.15, 0.2) is 0 Å². The highest BCUT2D eigenvalue weighted by molar-refractivity contribution is 5.84. The fourth-order valence-electron chi connectivity index (χ4n) is 3.16. The molecular formula is C20H19NO3. The summed E-state index contributed by atoms with van der Waals surface area (Å²) in [6, 6.07) is 17.6. The number of fused-ring (bicyclic) bond motifs is 1. The Hall–Kier alpha value is -2.59. The van der Waals surface area contributed by atoms with Crippen LogP contribution >= 0.6 is 0 Å². The third-order valence-corrected chi connectivity index (χ3v) is 4.66. The maximum absolute atomic E-state index is 12.2. The zero-order chi connectivity index (χ0) is 16.5. The van der Waals surface area contributed by atoms with Crippen LogP contribution in [0.2, 0.25) is 0 Å². The zero-order valence-corrected chi connectivity index (χ0v) is 13.2. The van der Waals surface area contributed by atoms with E-state index in [2.05, 4.69) is 5.32 Å². The normalized spacial score (nSPS) is 20.7.